The number of benzene rings is 1. The Labute approximate surface area is 69.1 Å². The summed E-state index contributed by atoms with van der Waals surface area (Å²) in [7, 11) is 0. The first-order valence-corrected chi connectivity index (χ1v) is 3.83. The topological polar surface area (TPSA) is 20.2 Å². The van der Waals surface area contributed by atoms with Gasteiger partial charge in [0.1, 0.15) is 0 Å². The van der Waals surface area contributed by atoms with Gasteiger partial charge in [-0.3, -0.25) is 0 Å². The lowest BCUT2D eigenvalue weighted by Crippen LogP contribution is -2.03. The van der Waals surface area contributed by atoms with Crippen molar-refractivity contribution in [1.82, 2.24) is 0 Å². The quantitative estimate of drug-likeness (QED) is 0.699. The molecule has 0 bridgehead atoms. The van der Waals surface area contributed by atoms with Crippen molar-refractivity contribution in [2.75, 3.05) is 6.61 Å². The minimum atomic E-state index is -0.309. The maximum absolute atomic E-state index is 8.85. The third kappa shape index (κ3) is 2.72. The number of hydrogen-bond acceptors (Lipinski definition) is 1. The van der Waals surface area contributed by atoms with Crippen LogP contribution < -0.4 is 0 Å². The van der Waals surface area contributed by atoms with Crippen LogP contribution in [0.2, 0.25) is 0 Å². The fourth-order valence-corrected chi connectivity index (χ4v) is 0.945. The van der Waals surface area contributed by atoms with Crippen molar-refractivity contribution in [1.29, 1.82) is 0 Å². The van der Waals surface area contributed by atoms with Gasteiger partial charge < -0.3 is 5.11 Å². The molecule has 0 spiro atoms. The van der Waals surface area contributed by atoms with Gasteiger partial charge in [0.2, 0.25) is 0 Å². The van der Waals surface area contributed by atoms with Crippen molar-refractivity contribution < 1.29 is 6.48 Å². The van der Waals surface area contributed by atoms with Gasteiger partial charge in [0.25, 0.3) is 0 Å². The van der Waals surface area contributed by atoms with Gasteiger partial charge in [-0.25, -0.2) is 0 Å². The van der Waals surface area contributed by atoms with Gasteiger partial charge in [-0.1, -0.05) is 37.3 Å². The molecular formula is C10H14O. The van der Waals surface area contributed by atoms with Crippen LogP contribution in [0.5, 0.6) is 0 Å². The Morgan fingerprint density at radius 1 is 1.45 bits per heavy atom. The minimum absolute atomic E-state index is 0.00685. The van der Waals surface area contributed by atoms with E-state index in [2.05, 4.69) is 0 Å². The fraction of sp³-hybridized carbons (Fsp3) is 0.400. The maximum atomic E-state index is 8.85. The van der Waals surface area contributed by atoms with E-state index in [0.29, 0.717) is 0 Å². The van der Waals surface area contributed by atoms with Gasteiger partial charge in [-0.2, -0.15) is 0 Å². The Balaban J connectivity index is 2.71. The Morgan fingerprint density at radius 2 is 2.09 bits per heavy atom. The molecule has 0 fully saturated rings. The Bertz CT molecular complexity index is 223. The molecule has 0 aliphatic rings. The van der Waals surface area contributed by atoms with E-state index in [0.717, 1.165) is 5.56 Å². The van der Waals surface area contributed by atoms with Crippen molar-refractivity contribution >= 4 is 0 Å². The van der Waals surface area contributed by atoms with Crippen molar-refractivity contribution in [3.05, 3.63) is 35.9 Å². The van der Waals surface area contributed by atoms with Crippen molar-refractivity contribution in [3.8, 4) is 0 Å². The molecule has 0 saturated carbocycles. The van der Waals surface area contributed by atoms with Crippen LogP contribution in [0.1, 0.15) is 13.9 Å². The predicted molar refractivity (Wildman–Crippen MR) is 46.4 cm³/mol. The van der Waals surface area contributed by atoms with Crippen molar-refractivity contribution in [2.45, 2.75) is 13.3 Å². The number of aliphatic hydroxyl groups is 1. The molecule has 0 amide bonds. The van der Waals surface area contributed by atoms with Gasteiger partial charge >= 0.3 is 0 Å². The molecule has 1 aromatic rings. The zero-order valence-electron chi connectivity index (χ0n) is 7.70. The first-order chi connectivity index (χ1) is 5.75. The molecule has 1 nitrogen and oxygen atoms in total. The molecule has 0 saturated heterocycles. The summed E-state index contributed by atoms with van der Waals surface area (Å²) >= 11 is 0. The highest BCUT2D eigenvalue weighted by molar-refractivity contribution is 5.14. The average molecular weight is 151 g/mol. The van der Waals surface area contributed by atoms with Crippen LogP contribution in [-0.4, -0.2) is 11.7 Å². The highest BCUT2D eigenvalue weighted by atomic mass is 16.3. The van der Waals surface area contributed by atoms with Gasteiger partial charge in [0.05, 0.1) is 0 Å². The van der Waals surface area contributed by atoms with E-state index in [-0.39, 0.29) is 18.9 Å². The lowest BCUT2D eigenvalue weighted by atomic mass is 10.0. The van der Waals surface area contributed by atoms with E-state index >= 15 is 0 Å². The van der Waals surface area contributed by atoms with E-state index in [1.807, 2.05) is 37.3 Å². The van der Waals surface area contributed by atoms with Crippen LogP contribution in [0.3, 0.4) is 0 Å². The lowest BCUT2D eigenvalue weighted by Gasteiger charge is -2.06. The van der Waals surface area contributed by atoms with Gasteiger partial charge in [-0.05, 0) is 17.9 Å². The van der Waals surface area contributed by atoms with Crippen LogP contribution in [0, 0.1) is 5.92 Å². The highest BCUT2D eigenvalue weighted by Crippen LogP contribution is 2.06. The molecule has 0 unspecified atom stereocenters. The summed E-state index contributed by atoms with van der Waals surface area (Å²) in [6, 6.07) is 9.61. The molecule has 0 aliphatic heterocycles. The molecule has 11 heavy (non-hydrogen) atoms. The molecule has 0 radical (unpaired) electrons. The van der Waals surface area contributed by atoms with Crippen LogP contribution >= 0.6 is 0 Å². The summed E-state index contributed by atoms with van der Waals surface area (Å²) in [6.07, 6.45) is -0.309. The Morgan fingerprint density at radius 3 is 2.64 bits per heavy atom. The average Bonchev–Trinajstić information content (AvgIpc) is 2.17. The van der Waals surface area contributed by atoms with Crippen LogP contribution in [0.4, 0.5) is 0 Å². The summed E-state index contributed by atoms with van der Waals surface area (Å²) in [5.41, 5.74) is 0.971. The lowest BCUT2D eigenvalue weighted by molar-refractivity contribution is 0.237. The largest absolute Gasteiger partial charge is 0.396 e. The first-order valence-electron chi connectivity index (χ1n) is 4.41. The molecule has 0 aromatic heterocycles. The summed E-state index contributed by atoms with van der Waals surface area (Å²) in [5, 5.41) is 8.85. The molecule has 1 N–H and O–H groups in total. The van der Waals surface area contributed by atoms with Crippen molar-refractivity contribution in [2.24, 2.45) is 5.92 Å². The number of rotatable bonds is 3. The van der Waals surface area contributed by atoms with Gasteiger partial charge in [0, 0.05) is 7.98 Å². The molecule has 1 rings (SSSR count). The molecule has 0 aliphatic carbocycles. The van der Waals surface area contributed by atoms with E-state index in [9.17, 15) is 0 Å². The molecule has 60 valence electrons. The highest BCUT2D eigenvalue weighted by Gasteiger charge is 1.99. The molecule has 1 aromatic carbocycles. The molecular weight excluding hydrogens is 136 g/mol. The molecule has 1 heteroatoms. The summed E-state index contributed by atoms with van der Waals surface area (Å²) in [4.78, 5) is 0. The van der Waals surface area contributed by atoms with Crippen molar-refractivity contribution in [3.63, 3.8) is 0 Å². The second-order valence-electron chi connectivity index (χ2n) is 2.74. The second-order valence-corrected chi connectivity index (χ2v) is 2.74. The normalized spacial score (nSPS) is 17.1. The van der Waals surface area contributed by atoms with Crippen LogP contribution in [0.25, 0.3) is 0 Å². The second kappa shape index (κ2) is 4.14. The monoisotopic (exact) mass is 151 g/mol. The SMILES string of the molecule is [2H][C@@H](c1ccccc1)[C@H](C)CO. The first kappa shape index (κ1) is 6.86. The number of hydrogen-bond donors (Lipinski definition) is 1. The summed E-state index contributed by atoms with van der Waals surface area (Å²) in [5.74, 6) is 0.00685. The maximum Gasteiger partial charge on any atom is 0.0459 e. The Hall–Kier alpha value is -0.820. The third-order valence-corrected chi connectivity index (χ3v) is 1.56. The number of aliphatic hydroxyl groups excluding tert-OH is 1. The van der Waals surface area contributed by atoms with Crippen LogP contribution in [0.15, 0.2) is 30.3 Å². The van der Waals surface area contributed by atoms with E-state index in [1.165, 1.54) is 0 Å². The smallest absolute Gasteiger partial charge is 0.0459 e. The van der Waals surface area contributed by atoms with Crippen LogP contribution in [-0.2, 0) is 6.40 Å². The zero-order chi connectivity index (χ0) is 8.97. The minimum Gasteiger partial charge on any atom is -0.396 e. The standard InChI is InChI=1S/C10H14O/c1-9(8-11)7-10-5-3-2-4-6-10/h2-6,9,11H,7-8H2,1H3/t9-/m0/s1/i7D/t7-,9+/m1. The predicted octanol–water partition coefficient (Wildman–Crippen LogP) is 1.86. The van der Waals surface area contributed by atoms with E-state index in [1.54, 1.807) is 0 Å². The third-order valence-electron chi connectivity index (χ3n) is 1.56. The summed E-state index contributed by atoms with van der Waals surface area (Å²) in [6.45, 7) is 1.95. The van der Waals surface area contributed by atoms with Gasteiger partial charge in [-0.15, -0.1) is 0 Å². The Kier molecular flexibility index (Phi) is 2.58. The zero-order valence-corrected chi connectivity index (χ0v) is 6.70. The molecule has 2 atom stereocenters. The summed E-state index contributed by atoms with van der Waals surface area (Å²) < 4.78 is 7.76. The molecule has 0 heterocycles. The fourth-order valence-electron chi connectivity index (χ4n) is 0.945. The van der Waals surface area contributed by atoms with Gasteiger partial charge in [0.15, 0.2) is 0 Å². The van der Waals surface area contributed by atoms with E-state index < -0.39 is 0 Å². The van der Waals surface area contributed by atoms with E-state index in [4.69, 9.17) is 6.48 Å².